The molecule has 0 saturated carbocycles. The summed E-state index contributed by atoms with van der Waals surface area (Å²) < 4.78 is 16.0. The van der Waals surface area contributed by atoms with E-state index >= 15 is 0 Å². The number of carbonyl (C=O) groups is 4. The van der Waals surface area contributed by atoms with Gasteiger partial charge in [0, 0.05) is 27.7 Å². The SMILES string of the molecule is CC(=O)NC(C)(CCc1cccc(O)c1)COC(C)=O.CCCCCCCOc1cccc(CCC(C)(COC(C)=O)NC(C)=O)c1. The molecule has 0 aliphatic carbocycles. The molecular formula is C37H56N2O8. The molecule has 2 unspecified atom stereocenters. The molecule has 0 saturated heterocycles. The van der Waals surface area contributed by atoms with Crippen molar-refractivity contribution in [2.75, 3.05) is 19.8 Å². The maximum absolute atomic E-state index is 11.5. The lowest BCUT2D eigenvalue weighted by atomic mass is 9.93. The van der Waals surface area contributed by atoms with Crippen LogP contribution in [0.15, 0.2) is 48.5 Å². The van der Waals surface area contributed by atoms with Gasteiger partial charge < -0.3 is 30.0 Å². The summed E-state index contributed by atoms with van der Waals surface area (Å²) in [5, 5.41) is 15.2. The van der Waals surface area contributed by atoms with E-state index in [1.165, 1.54) is 53.4 Å². The number of phenolic OH excluding ortho intramolecular Hbond substituents is 1. The Hall–Kier alpha value is -4.08. The van der Waals surface area contributed by atoms with Crippen molar-refractivity contribution in [2.24, 2.45) is 0 Å². The van der Waals surface area contributed by atoms with Crippen molar-refractivity contribution in [1.82, 2.24) is 10.6 Å². The average molecular weight is 657 g/mol. The molecule has 0 bridgehead atoms. The number of nitrogens with one attached hydrogen (secondary N) is 2. The number of ether oxygens (including phenoxy) is 3. The van der Waals surface area contributed by atoms with Crippen LogP contribution in [0.4, 0.5) is 0 Å². The van der Waals surface area contributed by atoms with E-state index in [4.69, 9.17) is 14.2 Å². The molecule has 0 aliphatic heterocycles. The van der Waals surface area contributed by atoms with Gasteiger partial charge in [0.1, 0.15) is 24.7 Å². The Kier molecular flexibility index (Phi) is 18.9. The Balaban J connectivity index is 0.000000491. The molecule has 0 spiro atoms. The van der Waals surface area contributed by atoms with Gasteiger partial charge in [0.25, 0.3) is 0 Å². The molecule has 47 heavy (non-hydrogen) atoms. The van der Waals surface area contributed by atoms with Gasteiger partial charge in [0.05, 0.1) is 17.7 Å². The van der Waals surface area contributed by atoms with Gasteiger partial charge >= 0.3 is 11.9 Å². The molecule has 0 aliphatic rings. The molecule has 2 amide bonds. The number of hydrogen-bond donors (Lipinski definition) is 3. The van der Waals surface area contributed by atoms with Crippen LogP contribution >= 0.6 is 0 Å². The van der Waals surface area contributed by atoms with Gasteiger partial charge in [-0.1, -0.05) is 56.9 Å². The molecule has 2 aromatic carbocycles. The highest BCUT2D eigenvalue weighted by atomic mass is 16.5. The third-order valence-electron chi connectivity index (χ3n) is 7.40. The number of hydrogen-bond acceptors (Lipinski definition) is 8. The predicted octanol–water partition coefficient (Wildman–Crippen LogP) is 6.21. The molecule has 10 nitrogen and oxygen atoms in total. The Bertz CT molecular complexity index is 1270. The number of phenols is 1. The van der Waals surface area contributed by atoms with Crippen molar-refractivity contribution in [3.8, 4) is 11.5 Å². The smallest absolute Gasteiger partial charge is 0.302 e. The zero-order valence-corrected chi connectivity index (χ0v) is 29.4. The second kappa shape index (κ2) is 21.7. The monoisotopic (exact) mass is 656 g/mol. The van der Waals surface area contributed by atoms with Gasteiger partial charge in [-0.2, -0.15) is 0 Å². The standard InChI is InChI=1S/C22H35NO4.C15H21NO4/c1-5-6-7-8-9-15-26-21-12-10-11-20(16-21)13-14-22(4,23-18(2)24)17-27-19(3)25;1-11(17)16-15(3,10-20-12(2)18)8-7-13-5-4-6-14(19)9-13/h10-12,16H,5-9,13-15,17H2,1-4H3,(H,23,24);4-6,9,19H,7-8,10H2,1-3H3,(H,16,17). The molecule has 0 heterocycles. The van der Waals surface area contributed by atoms with Crippen molar-refractivity contribution < 1.29 is 38.5 Å². The summed E-state index contributed by atoms with van der Waals surface area (Å²) in [6.45, 7) is 12.6. The van der Waals surface area contributed by atoms with Crippen LogP contribution in [0.3, 0.4) is 0 Å². The van der Waals surface area contributed by atoms with Gasteiger partial charge in [0.15, 0.2) is 0 Å². The highest BCUT2D eigenvalue weighted by molar-refractivity contribution is 5.74. The first-order valence-corrected chi connectivity index (χ1v) is 16.5. The quantitative estimate of drug-likeness (QED) is 0.120. The Morgan fingerprint density at radius 2 is 1.19 bits per heavy atom. The predicted molar refractivity (Wildman–Crippen MR) is 183 cm³/mol. The second-order valence-corrected chi connectivity index (χ2v) is 12.6. The molecular weight excluding hydrogens is 600 g/mol. The average Bonchev–Trinajstić information content (AvgIpc) is 2.99. The third-order valence-corrected chi connectivity index (χ3v) is 7.40. The van der Waals surface area contributed by atoms with Crippen LogP contribution in [0.25, 0.3) is 0 Å². The first-order valence-electron chi connectivity index (χ1n) is 16.5. The van der Waals surface area contributed by atoms with Gasteiger partial charge in [-0.3, -0.25) is 19.2 Å². The summed E-state index contributed by atoms with van der Waals surface area (Å²) in [5.74, 6) is 0.0631. The summed E-state index contributed by atoms with van der Waals surface area (Å²) in [7, 11) is 0. The normalized spacial score (nSPS) is 13.1. The molecule has 2 atom stereocenters. The molecule has 262 valence electrons. The number of aryl methyl sites for hydroxylation is 2. The second-order valence-electron chi connectivity index (χ2n) is 12.6. The fraction of sp³-hybridized carbons (Fsp3) is 0.568. The van der Waals surface area contributed by atoms with E-state index in [1.807, 2.05) is 44.2 Å². The minimum absolute atomic E-state index is 0.126. The van der Waals surface area contributed by atoms with Crippen molar-refractivity contribution in [2.45, 2.75) is 117 Å². The molecule has 0 aromatic heterocycles. The third kappa shape index (κ3) is 19.9. The summed E-state index contributed by atoms with van der Waals surface area (Å²) >= 11 is 0. The molecule has 3 N–H and O–H groups in total. The number of esters is 2. The zero-order valence-electron chi connectivity index (χ0n) is 29.4. The lowest BCUT2D eigenvalue weighted by molar-refractivity contribution is -0.144. The van der Waals surface area contributed by atoms with Crippen LogP contribution < -0.4 is 15.4 Å². The van der Waals surface area contributed by atoms with E-state index in [0.717, 1.165) is 36.3 Å². The van der Waals surface area contributed by atoms with Crippen molar-refractivity contribution in [1.29, 1.82) is 0 Å². The van der Waals surface area contributed by atoms with E-state index in [9.17, 15) is 24.3 Å². The van der Waals surface area contributed by atoms with Crippen LogP contribution in [0.2, 0.25) is 0 Å². The van der Waals surface area contributed by atoms with E-state index in [-0.39, 0.29) is 42.7 Å². The fourth-order valence-corrected chi connectivity index (χ4v) is 4.95. The first-order chi connectivity index (χ1) is 22.1. The Morgan fingerprint density at radius 3 is 1.66 bits per heavy atom. The number of amides is 2. The molecule has 0 radical (unpaired) electrons. The van der Waals surface area contributed by atoms with Gasteiger partial charge in [-0.25, -0.2) is 0 Å². The number of aromatic hydroxyl groups is 1. The maximum atomic E-state index is 11.5. The topological polar surface area (TPSA) is 140 Å². The number of benzene rings is 2. The lowest BCUT2D eigenvalue weighted by Crippen LogP contribution is -2.49. The van der Waals surface area contributed by atoms with Crippen LogP contribution in [0, 0.1) is 0 Å². The Morgan fingerprint density at radius 1 is 0.702 bits per heavy atom. The van der Waals surface area contributed by atoms with Crippen molar-refractivity contribution in [3.05, 3.63) is 59.7 Å². The summed E-state index contributed by atoms with van der Waals surface area (Å²) in [4.78, 5) is 44.8. The minimum atomic E-state index is -0.622. The van der Waals surface area contributed by atoms with E-state index in [0.29, 0.717) is 19.3 Å². The molecule has 10 heteroatoms. The highest BCUT2D eigenvalue weighted by Crippen LogP contribution is 2.20. The summed E-state index contributed by atoms with van der Waals surface area (Å²) in [5.41, 5.74) is 0.888. The highest BCUT2D eigenvalue weighted by Gasteiger charge is 2.27. The van der Waals surface area contributed by atoms with Gasteiger partial charge in [-0.15, -0.1) is 0 Å². The van der Waals surface area contributed by atoms with E-state index in [1.54, 1.807) is 18.2 Å². The lowest BCUT2D eigenvalue weighted by Gasteiger charge is -2.30. The largest absolute Gasteiger partial charge is 0.508 e. The summed E-state index contributed by atoms with van der Waals surface area (Å²) in [6, 6.07) is 15.0. The van der Waals surface area contributed by atoms with Gasteiger partial charge in [0.2, 0.25) is 11.8 Å². The zero-order chi connectivity index (χ0) is 35.3. The maximum Gasteiger partial charge on any atom is 0.302 e. The first kappa shape index (κ1) is 40.9. The number of rotatable bonds is 19. The van der Waals surface area contributed by atoms with E-state index in [2.05, 4.69) is 17.6 Å². The number of carbonyl (C=O) groups excluding carboxylic acids is 4. The molecule has 0 fully saturated rings. The minimum Gasteiger partial charge on any atom is -0.508 e. The van der Waals surface area contributed by atoms with Crippen molar-refractivity contribution in [3.63, 3.8) is 0 Å². The van der Waals surface area contributed by atoms with Gasteiger partial charge in [-0.05, 0) is 81.3 Å². The Labute approximate surface area is 280 Å². The molecule has 2 rings (SSSR count). The van der Waals surface area contributed by atoms with Crippen LogP contribution in [0.5, 0.6) is 11.5 Å². The van der Waals surface area contributed by atoms with Crippen LogP contribution in [-0.2, 0) is 41.5 Å². The van der Waals surface area contributed by atoms with Crippen molar-refractivity contribution >= 4 is 23.8 Å². The number of unbranched alkanes of at least 4 members (excludes halogenated alkanes) is 4. The fourth-order valence-electron chi connectivity index (χ4n) is 4.95. The van der Waals surface area contributed by atoms with Crippen LogP contribution in [-0.4, -0.2) is 59.8 Å². The van der Waals surface area contributed by atoms with E-state index < -0.39 is 11.1 Å². The van der Waals surface area contributed by atoms with Crippen LogP contribution in [0.1, 0.15) is 105 Å². The molecule has 2 aromatic rings. The summed E-state index contributed by atoms with van der Waals surface area (Å²) in [6.07, 6.45) is 8.77.